The van der Waals surface area contributed by atoms with Crippen molar-refractivity contribution >= 4 is 17.9 Å². The van der Waals surface area contributed by atoms with Gasteiger partial charge >= 0.3 is 6.09 Å². The van der Waals surface area contributed by atoms with E-state index >= 15 is 0 Å². The lowest BCUT2D eigenvalue weighted by molar-refractivity contribution is -0.128. The Hall–Kier alpha value is -3.40. The number of nitrogens with one attached hydrogen (secondary N) is 4. The molecule has 10 nitrogen and oxygen atoms in total. The number of benzene rings is 1. The SMILES string of the molecule is NNC(=O)[C@@H](Cc1cnc[nH]1)NC(=O)CNC(=O)OCc1ccccc1. The molecule has 0 aliphatic carbocycles. The lowest BCUT2D eigenvalue weighted by atomic mass is 10.1. The van der Waals surface area contributed by atoms with Crippen LogP contribution in [0.15, 0.2) is 42.9 Å². The molecular formula is C16H20N6O4. The minimum Gasteiger partial charge on any atom is -0.445 e. The van der Waals surface area contributed by atoms with E-state index in [-0.39, 0.29) is 19.6 Å². The predicted octanol–water partition coefficient (Wildman–Crippen LogP) is -0.647. The molecule has 26 heavy (non-hydrogen) atoms. The zero-order valence-corrected chi connectivity index (χ0v) is 13.9. The van der Waals surface area contributed by atoms with Gasteiger partial charge in [0.1, 0.15) is 19.2 Å². The van der Waals surface area contributed by atoms with Crippen LogP contribution >= 0.6 is 0 Å². The van der Waals surface area contributed by atoms with Gasteiger partial charge in [0, 0.05) is 18.3 Å². The van der Waals surface area contributed by atoms with Gasteiger partial charge in [-0.3, -0.25) is 15.0 Å². The quantitative estimate of drug-likeness (QED) is 0.240. The summed E-state index contributed by atoms with van der Waals surface area (Å²) in [4.78, 5) is 42.0. The Kier molecular flexibility index (Phi) is 7.13. The largest absolute Gasteiger partial charge is 0.445 e. The van der Waals surface area contributed by atoms with Gasteiger partial charge in [-0.1, -0.05) is 30.3 Å². The van der Waals surface area contributed by atoms with Gasteiger partial charge in [0.15, 0.2) is 0 Å². The van der Waals surface area contributed by atoms with Crippen molar-refractivity contribution in [1.82, 2.24) is 26.0 Å². The molecule has 0 bridgehead atoms. The molecule has 0 saturated carbocycles. The Morgan fingerprint density at radius 3 is 2.65 bits per heavy atom. The van der Waals surface area contributed by atoms with Crippen molar-refractivity contribution in [3.05, 3.63) is 54.1 Å². The molecule has 1 atom stereocenters. The number of alkyl carbamates (subject to hydrolysis) is 1. The highest BCUT2D eigenvalue weighted by molar-refractivity contribution is 5.89. The summed E-state index contributed by atoms with van der Waals surface area (Å²) in [6.45, 7) is -0.253. The number of hydrogen-bond acceptors (Lipinski definition) is 6. The van der Waals surface area contributed by atoms with Crippen molar-refractivity contribution in [3.8, 4) is 0 Å². The maximum atomic E-state index is 12.0. The molecule has 0 spiro atoms. The van der Waals surface area contributed by atoms with E-state index in [1.807, 2.05) is 35.8 Å². The molecule has 0 unspecified atom stereocenters. The van der Waals surface area contributed by atoms with Crippen LogP contribution in [0.5, 0.6) is 0 Å². The normalized spacial score (nSPS) is 11.3. The van der Waals surface area contributed by atoms with Crippen molar-refractivity contribution in [2.24, 2.45) is 5.84 Å². The highest BCUT2D eigenvalue weighted by Gasteiger charge is 2.21. The number of rotatable bonds is 8. The topological polar surface area (TPSA) is 151 Å². The van der Waals surface area contributed by atoms with Gasteiger partial charge in [-0.2, -0.15) is 0 Å². The molecule has 0 aliphatic heterocycles. The number of imidazole rings is 1. The molecular weight excluding hydrogens is 340 g/mol. The lowest BCUT2D eigenvalue weighted by Gasteiger charge is -2.16. The number of aromatic amines is 1. The summed E-state index contributed by atoms with van der Waals surface area (Å²) in [5, 5.41) is 4.80. The first-order valence-electron chi connectivity index (χ1n) is 7.80. The first kappa shape index (κ1) is 18.9. The number of H-pyrrole nitrogens is 1. The maximum absolute atomic E-state index is 12.0. The Labute approximate surface area is 149 Å². The first-order chi connectivity index (χ1) is 12.6. The Bertz CT molecular complexity index is 720. The molecule has 3 amide bonds. The average Bonchev–Trinajstić information content (AvgIpc) is 3.17. The van der Waals surface area contributed by atoms with Gasteiger partial charge in [-0.25, -0.2) is 15.6 Å². The molecule has 1 aromatic heterocycles. The predicted molar refractivity (Wildman–Crippen MR) is 91.2 cm³/mol. The van der Waals surface area contributed by atoms with E-state index in [9.17, 15) is 14.4 Å². The van der Waals surface area contributed by atoms with Crippen molar-refractivity contribution in [3.63, 3.8) is 0 Å². The molecule has 10 heteroatoms. The minimum atomic E-state index is -0.907. The number of nitrogens with two attached hydrogens (primary N) is 1. The van der Waals surface area contributed by atoms with Crippen molar-refractivity contribution < 1.29 is 19.1 Å². The third-order valence-electron chi connectivity index (χ3n) is 3.38. The first-order valence-corrected chi connectivity index (χ1v) is 7.80. The van der Waals surface area contributed by atoms with E-state index in [4.69, 9.17) is 10.6 Å². The van der Waals surface area contributed by atoms with Gasteiger partial charge in [-0.05, 0) is 5.56 Å². The number of ether oxygens (including phenoxy) is 1. The number of carbonyl (C=O) groups excluding carboxylic acids is 3. The number of carbonyl (C=O) groups is 3. The van der Waals surface area contributed by atoms with Crippen LogP contribution in [0.1, 0.15) is 11.3 Å². The van der Waals surface area contributed by atoms with Gasteiger partial charge in [0.05, 0.1) is 6.33 Å². The summed E-state index contributed by atoms with van der Waals surface area (Å²) in [5.74, 6) is 4.00. The van der Waals surface area contributed by atoms with Crippen LogP contribution in [0.25, 0.3) is 0 Å². The van der Waals surface area contributed by atoms with Crippen LogP contribution in [-0.4, -0.2) is 40.5 Å². The van der Waals surface area contributed by atoms with E-state index in [1.54, 1.807) is 0 Å². The second kappa shape index (κ2) is 9.79. The fourth-order valence-electron chi connectivity index (χ4n) is 2.10. The third-order valence-corrected chi connectivity index (χ3v) is 3.38. The second-order valence-electron chi connectivity index (χ2n) is 5.32. The van der Waals surface area contributed by atoms with E-state index in [0.29, 0.717) is 5.69 Å². The fraction of sp³-hybridized carbons (Fsp3) is 0.250. The van der Waals surface area contributed by atoms with Crippen molar-refractivity contribution in [2.75, 3.05) is 6.54 Å². The van der Waals surface area contributed by atoms with E-state index in [0.717, 1.165) is 5.56 Å². The molecule has 1 heterocycles. The molecule has 1 aromatic carbocycles. The zero-order valence-electron chi connectivity index (χ0n) is 13.9. The molecule has 138 valence electrons. The monoisotopic (exact) mass is 360 g/mol. The minimum absolute atomic E-state index is 0.0896. The summed E-state index contributed by atoms with van der Waals surface area (Å²) in [7, 11) is 0. The molecule has 2 rings (SSSR count). The molecule has 0 radical (unpaired) electrons. The number of nitrogens with zero attached hydrogens (tertiary/aromatic N) is 1. The highest BCUT2D eigenvalue weighted by atomic mass is 16.5. The third kappa shape index (κ3) is 6.24. The number of amides is 3. The van der Waals surface area contributed by atoms with E-state index in [1.165, 1.54) is 12.5 Å². The van der Waals surface area contributed by atoms with Crippen LogP contribution < -0.4 is 21.9 Å². The van der Waals surface area contributed by atoms with Crippen LogP contribution in [0.4, 0.5) is 4.79 Å². The van der Waals surface area contributed by atoms with E-state index < -0.39 is 23.9 Å². The second-order valence-corrected chi connectivity index (χ2v) is 5.32. The molecule has 6 N–H and O–H groups in total. The standard InChI is InChI=1S/C16H20N6O4/c17-22-15(24)13(6-12-7-18-10-20-12)21-14(23)8-19-16(25)26-9-11-4-2-1-3-5-11/h1-5,7,10,13H,6,8-9,17H2,(H,18,20)(H,19,25)(H,21,23)(H,22,24)/t13-/m1/s1. The summed E-state index contributed by atoms with van der Waals surface area (Å²) in [5.41, 5.74) is 3.46. The number of aromatic nitrogens is 2. The van der Waals surface area contributed by atoms with Crippen LogP contribution in [0.2, 0.25) is 0 Å². The van der Waals surface area contributed by atoms with Crippen molar-refractivity contribution in [1.29, 1.82) is 0 Å². The van der Waals surface area contributed by atoms with Crippen molar-refractivity contribution in [2.45, 2.75) is 19.1 Å². The molecule has 0 saturated heterocycles. The van der Waals surface area contributed by atoms with Crippen LogP contribution in [0, 0.1) is 0 Å². The van der Waals surface area contributed by atoms with Gasteiger partial charge in [0.25, 0.3) is 5.91 Å². The van der Waals surface area contributed by atoms with Gasteiger partial charge in [0.2, 0.25) is 5.91 Å². The summed E-state index contributed by atoms with van der Waals surface area (Å²) in [6.07, 6.45) is 2.42. The van der Waals surface area contributed by atoms with Gasteiger partial charge in [-0.15, -0.1) is 0 Å². The summed E-state index contributed by atoms with van der Waals surface area (Å²) in [6, 6.07) is 8.22. The average molecular weight is 360 g/mol. The number of hydrogen-bond donors (Lipinski definition) is 5. The highest BCUT2D eigenvalue weighted by Crippen LogP contribution is 2.01. The van der Waals surface area contributed by atoms with E-state index in [2.05, 4.69) is 20.6 Å². The number of hydrazine groups is 1. The Morgan fingerprint density at radius 1 is 1.23 bits per heavy atom. The fourth-order valence-corrected chi connectivity index (χ4v) is 2.10. The summed E-state index contributed by atoms with van der Waals surface area (Å²) >= 11 is 0. The maximum Gasteiger partial charge on any atom is 0.407 e. The van der Waals surface area contributed by atoms with Crippen LogP contribution in [-0.2, 0) is 27.4 Å². The van der Waals surface area contributed by atoms with Crippen LogP contribution in [0.3, 0.4) is 0 Å². The Morgan fingerprint density at radius 2 is 2.00 bits per heavy atom. The smallest absolute Gasteiger partial charge is 0.407 e. The molecule has 0 aliphatic rings. The van der Waals surface area contributed by atoms with Gasteiger partial charge < -0.3 is 20.4 Å². The molecule has 2 aromatic rings. The lowest BCUT2D eigenvalue weighted by Crippen LogP contribution is -2.52. The summed E-state index contributed by atoms with van der Waals surface area (Å²) < 4.78 is 4.99. The Balaban J connectivity index is 1.76. The zero-order chi connectivity index (χ0) is 18.8. The molecule has 0 fully saturated rings.